The summed E-state index contributed by atoms with van der Waals surface area (Å²) < 4.78 is 12.9. The smallest absolute Gasteiger partial charge is 0.141 e. The molecule has 15 heavy (non-hydrogen) atoms. The molecule has 78 valence electrons. The number of halogens is 2. The van der Waals surface area contributed by atoms with Crippen molar-refractivity contribution in [3.8, 4) is 6.07 Å². The van der Waals surface area contributed by atoms with Gasteiger partial charge in [0.1, 0.15) is 11.0 Å². The van der Waals surface area contributed by atoms with Crippen LogP contribution in [-0.4, -0.2) is 4.98 Å². The number of rotatable bonds is 4. The van der Waals surface area contributed by atoms with Crippen molar-refractivity contribution in [3.63, 3.8) is 0 Å². The topological polar surface area (TPSA) is 36.7 Å². The zero-order chi connectivity index (χ0) is 11.3. The fourth-order valence-corrected chi connectivity index (χ4v) is 1.49. The third-order valence-corrected chi connectivity index (χ3v) is 2.34. The average Bonchev–Trinajstić information content (AvgIpc) is 2.24. The van der Waals surface area contributed by atoms with Gasteiger partial charge in [-0.1, -0.05) is 17.7 Å². The van der Waals surface area contributed by atoms with Gasteiger partial charge in [0.2, 0.25) is 0 Å². The number of hydrogen-bond donors (Lipinski definition) is 0. The summed E-state index contributed by atoms with van der Waals surface area (Å²) in [5, 5.41) is 9.12. The number of allylic oxidation sites excluding steroid dienone is 1. The summed E-state index contributed by atoms with van der Waals surface area (Å²) in [7, 11) is 0. The van der Waals surface area contributed by atoms with Gasteiger partial charge in [-0.25, -0.2) is 9.37 Å². The minimum Gasteiger partial charge on any atom is -0.241 e. The molecule has 1 aromatic rings. The molecule has 1 rings (SSSR count). The molecule has 2 nitrogen and oxygen atoms in total. The fourth-order valence-electron chi connectivity index (χ4n) is 1.26. The second-order valence-electron chi connectivity index (χ2n) is 3.08. The van der Waals surface area contributed by atoms with E-state index in [1.165, 1.54) is 6.07 Å². The van der Waals surface area contributed by atoms with E-state index in [-0.39, 0.29) is 5.15 Å². The van der Waals surface area contributed by atoms with Gasteiger partial charge in [0, 0.05) is 5.56 Å². The monoisotopic (exact) mass is 224 g/mol. The van der Waals surface area contributed by atoms with E-state index in [1.807, 2.05) is 0 Å². The zero-order valence-electron chi connectivity index (χ0n) is 8.08. The third-order valence-electron chi connectivity index (χ3n) is 2.02. The molecule has 0 fully saturated rings. The predicted molar refractivity (Wildman–Crippen MR) is 57.0 cm³/mol. The molecular formula is C11H10ClFN2. The maximum absolute atomic E-state index is 12.9. The molecule has 0 saturated carbocycles. The standard InChI is InChI=1S/C11H10ClFN2/c1-2-3-4-8(6-14)10-5-9(13)7-15-11(10)12/h2,5,7-8H,1,3-4H2. The molecule has 4 heteroatoms. The first-order valence-electron chi connectivity index (χ1n) is 4.50. The van der Waals surface area contributed by atoms with Gasteiger partial charge < -0.3 is 0 Å². The molecule has 0 aliphatic heterocycles. The van der Waals surface area contributed by atoms with Gasteiger partial charge in [-0.15, -0.1) is 6.58 Å². The first-order chi connectivity index (χ1) is 7.19. The molecule has 0 aliphatic rings. The molecule has 0 saturated heterocycles. The molecule has 0 bridgehead atoms. The van der Waals surface area contributed by atoms with Gasteiger partial charge in [-0.3, -0.25) is 0 Å². The Morgan fingerprint density at radius 1 is 1.73 bits per heavy atom. The minimum absolute atomic E-state index is 0.187. The molecule has 0 radical (unpaired) electrons. The van der Waals surface area contributed by atoms with Gasteiger partial charge in [0.25, 0.3) is 0 Å². The van der Waals surface area contributed by atoms with Crippen LogP contribution in [0, 0.1) is 17.1 Å². The normalized spacial score (nSPS) is 11.8. The molecule has 0 aliphatic carbocycles. The second kappa shape index (κ2) is 5.47. The summed E-state index contributed by atoms with van der Waals surface area (Å²) in [6.07, 6.45) is 4.01. The first kappa shape index (κ1) is 11.7. The van der Waals surface area contributed by atoms with Crippen LogP contribution in [0.5, 0.6) is 0 Å². The lowest BCUT2D eigenvalue weighted by Crippen LogP contribution is -1.99. The SMILES string of the molecule is C=CCCC(C#N)c1cc(F)cnc1Cl. The summed E-state index contributed by atoms with van der Waals surface area (Å²) in [5.74, 6) is -0.910. The molecule has 1 heterocycles. The third kappa shape index (κ3) is 3.03. The average molecular weight is 225 g/mol. The number of hydrogen-bond acceptors (Lipinski definition) is 2. The van der Waals surface area contributed by atoms with E-state index in [0.29, 0.717) is 18.4 Å². The molecular weight excluding hydrogens is 215 g/mol. The van der Waals surface area contributed by atoms with Gasteiger partial charge in [-0.05, 0) is 18.9 Å². The van der Waals surface area contributed by atoms with Crippen molar-refractivity contribution < 1.29 is 4.39 Å². The van der Waals surface area contributed by atoms with Crippen LogP contribution in [0.4, 0.5) is 4.39 Å². The maximum Gasteiger partial charge on any atom is 0.141 e. The summed E-state index contributed by atoms with van der Waals surface area (Å²) in [4.78, 5) is 3.67. The summed E-state index contributed by atoms with van der Waals surface area (Å²) in [6.45, 7) is 3.57. The van der Waals surface area contributed by atoms with Crippen LogP contribution in [0.2, 0.25) is 5.15 Å². The van der Waals surface area contributed by atoms with Crippen molar-refractivity contribution in [2.75, 3.05) is 0 Å². The van der Waals surface area contributed by atoms with Crippen molar-refractivity contribution in [2.24, 2.45) is 0 Å². The fraction of sp³-hybridized carbons (Fsp3) is 0.273. The van der Waals surface area contributed by atoms with Crippen molar-refractivity contribution in [1.82, 2.24) is 4.98 Å². The Labute approximate surface area is 93.0 Å². The Morgan fingerprint density at radius 2 is 2.47 bits per heavy atom. The van der Waals surface area contributed by atoms with Crippen LogP contribution < -0.4 is 0 Å². The lowest BCUT2D eigenvalue weighted by Gasteiger charge is -2.09. The molecule has 0 aromatic carbocycles. The second-order valence-corrected chi connectivity index (χ2v) is 3.44. The number of nitrogens with zero attached hydrogens (tertiary/aromatic N) is 2. The quantitative estimate of drug-likeness (QED) is 0.580. The summed E-state index contributed by atoms with van der Waals surface area (Å²) >= 11 is 5.79. The van der Waals surface area contributed by atoms with Gasteiger partial charge in [-0.2, -0.15) is 5.26 Å². The Balaban J connectivity index is 2.96. The van der Waals surface area contributed by atoms with Crippen LogP contribution >= 0.6 is 11.6 Å². The van der Waals surface area contributed by atoms with Crippen LogP contribution in [0.25, 0.3) is 0 Å². The van der Waals surface area contributed by atoms with Crippen molar-refractivity contribution >= 4 is 11.6 Å². The molecule has 0 amide bonds. The van der Waals surface area contributed by atoms with Crippen molar-refractivity contribution in [1.29, 1.82) is 5.26 Å². The van der Waals surface area contributed by atoms with Gasteiger partial charge in [0.15, 0.2) is 0 Å². The van der Waals surface area contributed by atoms with Crippen LogP contribution in [-0.2, 0) is 0 Å². The Bertz CT molecular complexity index is 398. The van der Waals surface area contributed by atoms with Gasteiger partial charge in [0.05, 0.1) is 18.2 Å². The lowest BCUT2D eigenvalue weighted by atomic mass is 9.97. The van der Waals surface area contributed by atoms with Gasteiger partial charge >= 0.3 is 0 Å². The van der Waals surface area contributed by atoms with Crippen LogP contribution in [0.15, 0.2) is 24.9 Å². The van der Waals surface area contributed by atoms with E-state index in [4.69, 9.17) is 16.9 Å². The number of pyridine rings is 1. The highest BCUT2D eigenvalue weighted by Crippen LogP contribution is 2.26. The first-order valence-corrected chi connectivity index (χ1v) is 4.88. The minimum atomic E-state index is -0.478. The number of nitriles is 1. The van der Waals surface area contributed by atoms with Crippen LogP contribution in [0.1, 0.15) is 24.3 Å². The molecule has 0 N–H and O–H groups in total. The Hall–Kier alpha value is -1.40. The van der Waals surface area contributed by atoms with E-state index in [1.54, 1.807) is 6.08 Å². The zero-order valence-corrected chi connectivity index (χ0v) is 8.84. The van der Waals surface area contributed by atoms with E-state index in [2.05, 4.69) is 17.6 Å². The van der Waals surface area contributed by atoms with E-state index in [9.17, 15) is 4.39 Å². The number of aromatic nitrogens is 1. The molecule has 1 atom stereocenters. The highest BCUT2D eigenvalue weighted by Gasteiger charge is 2.15. The predicted octanol–water partition coefficient (Wildman–Crippen LogP) is 3.45. The largest absolute Gasteiger partial charge is 0.241 e. The highest BCUT2D eigenvalue weighted by atomic mass is 35.5. The van der Waals surface area contributed by atoms with E-state index in [0.717, 1.165) is 6.20 Å². The van der Waals surface area contributed by atoms with Crippen molar-refractivity contribution in [3.05, 3.63) is 41.5 Å². The van der Waals surface area contributed by atoms with E-state index >= 15 is 0 Å². The Kier molecular flexibility index (Phi) is 4.26. The summed E-state index contributed by atoms with van der Waals surface area (Å²) in [6, 6.07) is 3.34. The van der Waals surface area contributed by atoms with Crippen LogP contribution in [0.3, 0.4) is 0 Å². The van der Waals surface area contributed by atoms with Crippen molar-refractivity contribution in [2.45, 2.75) is 18.8 Å². The molecule has 0 spiro atoms. The van der Waals surface area contributed by atoms with E-state index < -0.39 is 11.7 Å². The lowest BCUT2D eigenvalue weighted by molar-refractivity contribution is 0.615. The maximum atomic E-state index is 12.9. The molecule has 1 unspecified atom stereocenters. The molecule has 1 aromatic heterocycles. The Morgan fingerprint density at radius 3 is 3.07 bits per heavy atom. The summed E-state index contributed by atoms with van der Waals surface area (Å²) in [5.41, 5.74) is 0.445. The highest BCUT2D eigenvalue weighted by molar-refractivity contribution is 6.30.